The van der Waals surface area contributed by atoms with Gasteiger partial charge in [0.1, 0.15) is 0 Å². The summed E-state index contributed by atoms with van der Waals surface area (Å²) in [6.45, 7) is 5.26. The minimum Gasteiger partial charge on any atom is -0.302 e. The van der Waals surface area contributed by atoms with Crippen molar-refractivity contribution in [3.63, 3.8) is 0 Å². The van der Waals surface area contributed by atoms with Crippen molar-refractivity contribution in [1.29, 1.82) is 5.26 Å². The molecule has 0 aromatic carbocycles. The molecule has 0 aliphatic rings. The van der Waals surface area contributed by atoms with Gasteiger partial charge in [0.15, 0.2) is 0 Å². The molecule has 0 spiro atoms. The summed E-state index contributed by atoms with van der Waals surface area (Å²) in [6.07, 6.45) is 3.30. The molecule has 0 aromatic heterocycles. The molecule has 0 aliphatic carbocycles. The Morgan fingerprint density at radius 3 is 2.62 bits per heavy atom. The average Bonchev–Trinajstić information content (AvgIpc) is 2.17. The maximum Gasteiger partial charge on any atom is 0.0960 e. The van der Waals surface area contributed by atoms with E-state index in [1.807, 2.05) is 11.8 Å². The minimum absolute atomic E-state index is 0.0595. The van der Waals surface area contributed by atoms with E-state index in [9.17, 15) is 0 Å². The predicted octanol–water partition coefficient (Wildman–Crippen LogP) is 2.41. The summed E-state index contributed by atoms with van der Waals surface area (Å²) in [6, 6.07) is 2.35. The third-order valence-corrected chi connectivity index (χ3v) is 2.92. The number of hydrogen-bond acceptors (Lipinski definition) is 3. The van der Waals surface area contributed by atoms with Gasteiger partial charge in [-0.3, -0.25) is 0 Å². The van der Waals surface area contributed by atoms with Crippen LogP contribution < -0.4 is 5.32 Å². The molecule has 13 heavy (non-hydrogen) atoms. The van der Waals surface area contributed by atoms with Gasteiger partial charge >= 0.3 is 0 Å². The van der Waals surface area contributed by atoms with Crippen molar-refractivity contribution in [2.24, 2.45) is 0 Å². The first-order valence-electron chi connectivity index (χ1n) is 5.05. The fourth-order valence-electron chi connectivity index (χ4n) is 0.978. The molecule has 0 saturated carbocycles. The van der Waals surface area contributed by atoms with Crippen molar-refractivity contribution in [1.82, 2.24) is 5.32 Å². The fraction of sp³-hybridized carbons (Fsp3) is 0.900. The molecule has 0 amide bonds. The standard InChI is InChI=1S/C10H20N2S/c1-3-6-12-10(9-11)5-8-13-7-4-2/h10,12H,3-8H2,1-2H3. The Kier molecular flexibility index (Phi) is 9.73. The highest BCUT2D eigenvalue weighted by molar-refractivity contribution is 7.99. The van der Waals surface area contributed by atoms with Gasteiger partial charge in [0.05, 0.1) is 12.1 Å². The van der Waals surface area contributed by atoms with Crippen molar-refractivity contribution in [3.05, 3.63) is 0 Å². The molecule has 1 N–H and O–H groups in total. The van der Waals surface area contributed by atoms with E-state index in [1.165, 1.54) is 12.2 Å². The number of rotatable bonds is 8. The van der Waals surface area contributed by atoms with Crippen LogP contribution in [0.3, 0.4) is 0 Å². The second-order valence-corrected chi connectivity index (χ2v) is 4.26. The molecular formula is C10H20N2S. The van der Waals surface area contributed by atoms with Crippen LogP contribution in [0.25, 0.3) is 0 Å². The lowest BCUT2D eigenvalue weighted by Gasteiger charge is -2.09. The van der Waals surface area contributed by atoms with Gasteiger partial charge in [-0.2, -0.15) is 17.0 Å². The molecule has 0 aliphatic heterocycles. The first kappa shape index (κ1) is 12.8. The molecule has 3 heteroatoms. The molecule has 0 fully saturated rings. The Morgan fingerprint density at radius 2 is 2.08 bits per heavy atom. The molecule has 0 aromatic rings. The highest BCUT2D eigenvalue weighted by Crippen LogP contribution is 2.05. The van der Waals surface area contributed by atoms with Crippen molar-refractivity contribution in [2.75, 3.05) is 18.1 Å². The van der Waals surface area contributed by atoms with Crippen molar-refractivity contribution >= 4 is 11.8 Å². The van der Waals surface area contributed by atoms with E-state index in [0.717, 1.165) is 25.1 Å². The van der Waals surface area contributed by atoms with Gasteiger partial charge in [0.25, 0.3) is 0 Å². The minimum atomic E-state index is 0.0595. The van der Waals surface area contributed by atoms with E-state index < -0.39 is 0 Å². The van der Waals surface area contributed by atoms with E-state index in [1.54, 1.807) is 0 Å². The molecule has 0 rings (SSSR count). The number of nitriles is 1. The van der Waals surface area contributed by atoms with Gasteiger partial charge < -0.3 is 5.32 Å². The fourth-order valence-corrected chi connectivity index (χ4v) is 1.87. The van der Waals surface area contributed by atoms with E-state index >= 15 is 0 Å². The lowest BCUT2D eigenvalue weighted by molar-refractivity contribution is 0.585. The monoisotopic (exact) mass is 200 g/mol. The molecule has 76 valence electrons. The maximum atomic E-state index is 8.79. The molecular weight excluding hydrogens is 180 g/mol. The smallest absolute Gasteiger partial charge is 0.0960 e. The van der Waals surface area contributed by atoms with Gasteiger partial charge in [0.2, 0.25) is 0 Å². The third-order valence-electron chi connectivity index (χ3n) is 1.70. The van der Waals surface area contributed by atoms with Crippen LogP contribution in [0.1, 0.15) is 33.1 Å². The van der Waals surface area contributed by atoms with E-state index in [4.69, 9.17) is 5.26 Å². The Morgan fingerprint density at radius 1 is 1.31 bits per heavy atom. The van der Waals surface area contributed by atoms with Crippen LogP contribution in [0.4, 0.5) is 0 Å². The highest BCUT2D eigenvalue weighted by atomic mass is 32.2. The Bertz CT molecular complexity index is 142. The van der Waals surface area contributed by atoms with Crippen LogP contribution in [-0.4, -0.2) is 24.1 Å². The zero-order chi connectivity index (χ0) is 9.94. The molecule has 1 unspecified atom stereocenters. The Balaban J connectivity index is 3.32. The van der Waals surface area contributed by atoms with E-state index in [2.05, 4.69) is 25.2 Å². The summed E-state index contributed by atoms with van der Waals surface area (Å²) in [5.74, 6) is 2.31. The molecule has 0 bridgehead atoms. The third kappa shape index (κ3) is 8.14. The summed E-state index contributed by atoms with van der Waals surface area (Å²) < 4.78 is 0. The topological polar surface area (TPSA) is 35.8 Å². The number of hydrogen-bond donors (Lipinski definition) is 1. The van der Waals surface area contributed by atoms with Crippen molar-refractivity contribution in [3.8, 4) is 6.07 Å². The van der Waals surface area contributed by atoms with Crippen LogP contribution in [0.15, 0.2) is 0 Å². The van der Waals surface area contributed by atoms with Crippen molar-refractivity contribution in [2.45, 2.75) is 39.2 Å². The van der Waals surface area contributed by atoms with Gasteiger partial charge in [-0.15, -0.1) is 0 Å². The van der Waals surface area contributed by atoms with Gasteiger partial charge in [-0.05, 0) is 37.3 Å². The second kappa shape index (κ2) is 9.88. The number of thioether (sulfide) groups is 1. The summed E-state index contributed by atoms with van der Waals surface area (Å²) in [5, 5.41) is 12.0. The predicted molar refractivity (Wildman–Crippen MR) is 59.9 cm³/mol. The van der Waals surface area contributed by atoms with Crippen LogP contribution in [0.5, 0.6) is 0 Å². The summed E-state index contributed by atoms with van der Waals surface area (Å²) in [4.78, 5) is 0. The normalized spacial score (nSPS) is 12.4. The van der Waals surface area contributed by atoms with Crippen LogP contribution in [0.2, 0.25) is 0 Å². The second-order valence-electron chi connectivity index (χ2n) is 3.04. The molecule has 0 heterocycles. The lowest BCUT2D eigenvalue weighted by atomic mass is 10.2. The number of nitrogens with one attached hydrogen (secondary N) is 1. The quantitative estimate of drug-likeness (QED) is 0.611. The average molecular weight is 200 g/mol. The molecule has 0 saturated heterocycles. The SMILES string of the molecule is CCCNC(C#N)CCSCCC. The van der Waals surface area contributed by atoms with Gasteiger partial charge in [-0.1, -0.05) is 13.8 Å². The summed E-state index contributed by atoms with van der Waals surface area (Å²) in [5.41, 5.74) is 0. The molecule has 2 nitrogen and oxygen atoms in total. The van der Waals surface area contributed by atoms with E-state index in [0.29, 0.717) is 0 Å². The van der Waals surface area contributed by atoms with Crippen LogP contribution in [0, 0.1) is 11.3 Å². The highest BCUT2D eigenvalue weighted by Gasteiger charge is 2.04. The summed E-state index contributed by atoms with van der Waals surface area (Å²) >= 11 is 1.94. The lowest BCUT2D eigenvalue weighted by Crippen LogP contribution is -2.28. The van der Waals surface area contributed by atoms with Gasteiger partial charge in [-0.25, -0.2) is 0 Å². The van der Waals surface area contributed by atoms with Gasteiger partial charge in [0, 0.05) is 0 Å². The Labute approximate surface area is 86.1 Å². The van der Waals surface area contributed by atoms with Crippen LogP contribution >= 0.6 is 11.8 Å². The maximum absolute atomic E-state index is 8.79. The zero-order valence-corrected chi connectivity index (χ0v) is 9.49. The number of nitrogens with zero attached hydrogens (tertiary/aromatic N) is 1. The Hall–Kier alpha value is -0.200. The van der Waals surface area contributed by atoms with Crippen molar-refractivity contribution < 1.29 is 0 Å². The van der Waals surface area contributed by atoms with E-state index in [-0.39, 0.29) is 6.04 Å². The zero-order valence-electron chi connectivity index (χ0n) is 8.68. The summed E-state index contributed by atoms with van der Waals surface area (Å²) in [7, 11) is 0. The first-order valence-corrected chi connectivity index (χ1v) is 6.21. The van der Waals surface area contributed by atoms with Crippen LogP contribution in [-0.2, 0) is 0 Å². The molecule has 1 atom stereocenters. The molecule has 0 radical (unpaired) electrons. The largest absolute Gasteiger partial charge is 0.302 e. The first-order chi connectivity index (χ1) is 6.35.